The largest absolute Gasteiger partial charge is 0.481 e. The summed E-state index contributed by atoms with van der Waals surface area (Å²) in [5, 5.41) is 52.7. The molecule has 7 nitrogen and oxygen atoms in total. The average molecular weight is 843 g/mol. The molecule has 7 heteroatoms. The van der Waals surface area contributed by atoms with Crippen molar-refractivity contribution >= 4 is 11.9 Å². The van der Waals surface area contributed by atoms with Gasteiger partial charge in [0.15, 0.2) is 0 Å². The molecule has 8 aliphatic rings. The smallest absolute Gasteiger partial charge is 0.303 e. The van der Waals surface area contributed by atoms with E-state index in [0.717, 1.165) is 70.6 Å². The lowest BCUT2D eigenvalue weighted by atomic mass is 9.41. The Bertz CT molecular complexity index is 1570. The van der Waals surface area contributed by atoms with Gasteiger partial charge in [0, 0.05) is 15.6 Å². The maximum absolute atomic E-state index is 12.0. The topological polar surface area (TPSA) is 135 Å². The molecule has 0 heterocycles. The zero-order valence-corrected chi connectivity index (χ0v) is 39.2. The van der Waals surface area contributed by atoms with Gasteiger partial charge in [-0.05, 0) is 207 Å². The summed E-state index contributed by atoms with van der Waals surface area (Å²) in [4.78, 5) is 22.3. The first-order valence-corrected chi connectivity index (χ1v) is 25.1. The highest BCUT2D eigenvalue weighted by Crippen LogP contribution is 2.71. The summed E-state index contributed by atoms with van der Waals surface area (Å²) >= 11 is 0. The summed E-state index contributed by atoms with van der Waals surface area (Å²) in [6.07, 6.45) is 11.4. The minimum Gasteiger partial charge on any atom is -0.481 e. The molecular formula is C53H90O7. The van der Waals surface area contributed by atoms with Gasteiger partial charge in [-0.1, -0.05) is 81.5 Å². The Hall–Kier alpha value is -1.18. The van der Waals surface area contributed by atoms with Crippen LogP contribution in [0.25, 0.3) is 0 Å². The molecule has 24 atom stereocenters. The van der Waals surface area contributed by atoms with Gasteiger partial charge < -0.3 is 25.5 Å². The normalized spacial score (nSPS) is 56.0. The molecule has 0 aromatic carbocycles. The molecule has 5 N–H and O–H groups in total. The van der Waals surface area contributed by atoms with Crippen molar-refractivity contribution in [1.82, 2.24) is 0 Å². The van der Waals surface area contributed by atoms with Crippen LogP contribution in [0.5, 0.6) is 0 Å². The lowest BCUT2D eigenvalue weighted by Crippen LogP contribution is -2.62. The lowest BCUT2D eigenvalue weighted by Gasteiger charge is -2.65. The monoisotopic (exact) mass is 843 g/mol. The molecule has 8 fully saturated rings. The van der Waals surface area contributed by atoms with Crippen molar-refractivity contribution in [2.45, 2.75) is 209 Å². The summed E-state index contributed by atoms with van der Waals surface area (Å²) in [6, 6.07) is 0. The Morgan fingerprint density at radius 3 is 1.38 bits per heavy atom. The molecule has 0 aliphatic heterocycles. The zero-order chi connectivity index (χ0) is 47.3. The SMILES string of the molecule is [2H]C(C)[C@@H]1[C@@H]2C[C@H](C)CC[C@]2(C)C2CC[C@@]3(C)C(CC[C@@H]3[C@H](C)CCC(=O)O)C2[C@]1([2H])O.[2H]C(C)[C@@H]1[C@@H]2C[C@H](O)CC[C@]2(C)C2CC[C@@]3(C)C(CC[C@@H]3[C@H](C)CCC(=O)O)C2[C@]1([2H])O. The van der Waals surface area contributed by atoms with Crippen molar-refractivity contribution in [3.05, 3.63) is 0 Å². The second-order valence-electron chi connectivity index (χ2n) is 23.9. The van der Waals surface area contributed by atoms with Crippen molar-refractivity contribution < 1.29 is 40.6 Å². The minimum atomic E-state index is -1.65. The van der Waals surface area contributed by atoms with Crippen LogP contribution in [0.2, 0.25) is 0 Å². The molecule has 8 saturated carbocycles. The van der Waals surface area contributed by atoms with Crippen LogP contribution in [0.1, 0.15) is 196 Å². The average Bonchev–Trinajstić information content (AvgIpc) is 3.73. The van der Waals surface area contributed by atoms with E-state index in [9.17, 15) is 32.8 Å². The number of aliphatic carboxylic acids is 2. The van der Waals surface area contributed by atoms with Crippen LogP contribution in [0.3, 0.4) is 0 Å². The fraction of sp³-hybridized carbons (Fsp3) is 0.962. The zero-order valence-electron chi connectivity index (χ0n) is 43.2. The van der Waals surface area contributed by atoms with Crippen LogP contribution in [0.4, 0.5) is 0 Å². The van der Waals surface area contributed by atoms with Crippen molar-refractivity contribution in [3.63, 3.8) is 0 Å². The van der Waals surface area contributed by atoms with Crippen molar-refractivity contribution in [2.24, 2.45) is 110 Å². The molecule has 8 unspecified atom stereocenters. The van der Waals surface area contributed by atoms with Gasteiger partial charge in [-0.3, -0.25) is 9.59 Å². The summed E-state index contributed by atoms with van der Waals surface area (Å²) in [5.74, 6) is 1.21. The third-order valence-corrected chi connectivity index (χ3v) is 21.4. The maximum atomic E-state index is 12.0. The molecule has 0 radical (unpaired) electrons. The van der Waals surface area contributed by atoms with Crippen LogP contribution >= 0.6 is 0 Å². The number of hydrogen-bond acceptors (Lipinski definition) is 5. The summed E-state index contributed by atoms with van der Waals surface area (Å²) in [6.45, 7) is 19.9. The molecular weight excluding hydrogens is 749 g/mol. The van der Waals surface area contributed by atoms with Gasteiger partial charge in [-0.15, -0.1) is 0 Å². The van der Waals surface area contributed by atoms with Gasteiger partial charge in [0.1, 0.15) is 0 Å². The maximum Gasteiger partial charge on any atom is 0.303 e. The van der Waals surface area contributed by atoms with E-state index in [0.29, 0.717) is 60.7 Å². The summed E-state index contributed by atoms with van der Waals surface area (Å²) < 4.78 is 36.1. The first-order valence-electron chi connectivity index (χ1n) is 27.2. The van der Waals surface area contributed by atoms with Gasteiger partial charge >= 0.3 is 11.9 Å². The Morgan fingerprint density at radius 2 is 0.967 bits per heavy atom. The number of fused-ring (bicyclic) bond motifs is 10. The number of hydrogen-bond donors (Lipinski definition) is 5. The Morgan fingerprint density at radius 1 is 0.583 bits per heavy atom. The molecule has 0 aromatic rings. The van der Waals surface area contributed by atoms with Gasteiger partial charge in [0.25, 0.3) is 0 Å². The Balaban J connectivity index is 0.000000191. The molecule has 0 saturated heterocycles. The van der Waals surface area contributed by atoms with E-state index in [4.69, 9.17) is 7.85 Å². The standard InChI is InChI=1S/C27H46O3.C26H44O4/c1-6-18-22-15-16(2)11-13-27(22,5)21-12-14-26(4)19(17(3)7-10-23(28)29)8-9-20(26)24(21)25(18)30;1-5-17-21-14-16(27)10-12-26(21,4)20-11-13-25(3)18(15(2)6-9-22(28)29)7-8-19(25)23(20)24(17)30/h16-22,24-25,30H,6-15H2,1-5H3,(H,28,29);15-21,23-24,27,30H,5-14H2,1-4H3,(H,28,29)/t16-,17-,18-,19-,20?,21?,22+,24?,25-,26-,27-;15-,16-,17-,18-,19?,20?,21+,23?,24-,25-,26-/m11/s1/i6D,25D;5D,24D/t6?,16-,17-,18-,19-,20?,21?,22+,24?,25-,26-,27-;5?,15-,16-,17-,18-,19?,20?,21+,23?,24-,25-,26-. The first-order chi connectivity index (χ1) is 29.7. The van der Waals surface area contributed by atoms with Gasteiger partial charge in [0.05, 0.1) is 21.0 Å². The van der Waals surface area contributed by atoms with Crippen LogP contribution in [-0.4, -0.2) is 55.7 Å². The van der Waals surface area contributed by atoms with E-state index in [1.807, 2.05) is 13.8 Å². The third kappa shape index (κ3) is 7.78. The summed E-state index contributed by atoms with van der Waals surface area (Å²) in [7, 11) is 0. The second-order valence-corrected chi connectivity index (χ2v) is 23.9. The van der Waals surface area contributed by atoms with Crippen LogP contribution < -0.4 is 0 Å². The molecule has 60 heavy (non-hydrogen) atoms. The highest BCUT2D eigenvalue weighted by Gasteiger charge is 2.66. The fourth-order valence-corrected chi connectivity index (χ4v) is 18.2. The molecule has 0 spiro atoms. The van der Waals surface area contributed by atoms with E-state index in [1.165, 1.54) is 12.8 Å². The van der Waals surface area contributed by atoms with Crippen LogP contribution in [0, 0.1) is 110 Å². The van der Waals surface area contributed by atoms with Gasteiger partial charge in [-0.2, -0.15) is 0 Å². The molecule has 0 aromatic heterocycles. The van der Waals surface area contributed by atoms with Crippen molar-refractivity contribution in [1.29, 1.82) is 0 Å². The fourth-order valence-electron chi connectivity index (χ4n) is 18.2. The number of carbonyl (C=O) groups is 2. The highest BCUT2D eigenvalue weighted by atomic mass is 16.4. The van der Waals surface area contributed by atoms with E-state index in [-0.39, 0.29) is 82.0 Å². The van der Waals surface area contributed by atoms with E-state index < -0.39 is 42.8 Å². The molecule has 8 rings (SSSR count). The van der Waals surface area contributed by atoms with Crippen LogP contribution in [0.15, 0.2) is 0 Å². The highest BCUT2D eigenvalue weighted by molar-refractivity contribution is 5.66. The predicted octanol–water partition coefficient (Wildman–Crippen LogP) is 11.5. The quantitative estimate of drug-likeness (QED) is 0.148. The van der Waals surface area contributed by atoms with E-state index in [2.05, 4.69) is 48.5 Å². The molecule has 344 valence electrons. The number of rotatable bonds is 10. The van der Waals surface area contributed by atoms with E-state index in [1.54, 1.807) is 0 Å². The van der Waals surface area contributed by atoms with Crippen LogP contribution in [-0.2, 0) is 9.59 Å². The number of aliphatic hydroxyl groups excluding tert-OH is 1. The first kappa shape index (κ1) is 41.5. The molecule has 0 bridgehead atoms. The Labute approximate surface area is 371 Å². The molecule has 8 aliphatic carbocycles. The number of carboxylic acid groups (broad SMARTS) is 2. The number of aliphatic hydroxyl groups is 3. The minimum absolute atomic E-state index is 0.0125. The van der Waals surface area contributed by atoms with Crippen molar-refractivity contribution in [2.75, 3.05) is 0 Å². The predicted molar refractivity (Wildman–Crippen MR) is 239 cm³/mol. The molecule has 0 amide bonds. The number of carboxylic acids is 2. The second kappa shape index (κ2) is 17.7. The summed E-state index contributed by atoms with van der Waals surface area (Å²) in [5.41, 5.74) is 0.167. The third-order valence-electron chi connectivity index (χ3n) is 21.4. The van der Waals surface area contributed by atoms with Gasteiger partial charge in [0.2, 0.25) is 0 Å². The van der Waals surface area contributed by atoms with E-state index >= 15 is 0 Å². The van der Waals surface area contributed by atoms with Crippen molar-refractivity contribution in [3.8, 4) is 0 Å². The van der Waals surface area contributed by atoms with Gasteiger partial charge in [-0.25, -0.2) is 0 Å². The Kier molecular flexibility index (Phi) is 12.2. The lowest BCUT2D eigenvalue weighted by molar-refractivity contribution is -0.203.